The number of aromatic nitrogens is 2. The van der Waals surface area contributed by atoms with Crippen LogP contribution in [0.15, 0.2) is 9.21 Å². The van der Waals surface area contributed by atoms with Gasteiger partial charge in [0, 0.05) is 6.54 Å². The van der Waals surface area contributed by atoms with Gasteiger partial charge in [-0.2, -0.15) is 5.10 Å². The monoisotopic (exact) mass is 376 g/mol. The fourth-order valence-corrected chi connectivity index (χ4v) is 3.55. The van der Waals surface area contributed by atoms with Gasteiger partial charge in [0.1, 0.15) is 11.1 Å². The number of ether oxygens (including phenoxy) is 1. The lowest BCUT2D eigenvalue weighted by molar-refractivity contribution is -0.150. The van der Waals surface area contributed by atoms with Crippen LogP contribution in [0.5, 0.6) is 0 Å². The molecule has 1 aliphatic heterocycles. The molecule has 146 valence electrons. The summed E-state index contributed by atoms with van der Waals surface area (Å²) in [5, 5.41) is 9.91. The van der Waals surface area contributed by atoms with E-state index in [-0.39, 0.29) is 35.6 Å². The molecule has 1 unspecified atom stereocenters. The zero-order chi connectivity index (χ0) is 19.6. The lowest BCUT2D eigenvalue weighted by Gasteiger charge is -2.30. The first-order valence-corrected chi connectivity index (χ1v) is 9.08. The summed E-state index contributed by atoms with van der Waals surface area (Å²) in [5.41, 5.74) is 0.211. The number of carbonyl (C=O) groups is 2. The summed E-state index contributed by atoms with van der Waals surface area (Å²) in [6, 6.07) is 0. The highest BCUT2D eigenvalue weighted by Gasteiger charge is 2.28. The van der Waals surface area contributed by atoms with Crippen molar-refractivity contribution >= 4 is 28.5 Å². The van der Waals surface area contributed by atoms with Gasteiger partial charge in [-0.3, -0.25) is 24.6 Å². The number of nitrogens with one attached hydrogen (secondary N) is 2. The number of anilines is 1. The van der Waals surface area contributed by atoms with Gasteiger partial charge in [-0.1, -0.05) is 0 Å². The number of nitrogens with zero attached hydrogens (tertiary/aromatic N) is 2. The Hall–Kier alpha value is -2.68. The van der Waals surface area contributed by atoms with Gasteiger partial charge < -0.3 is 9.15 Å². The van der Waals surface area contributed by atoms with Crippen LogP contribution in [0.4, 0.5) is 5.88 Å². The molecule has 1 amide bonds. The number of amides is 1. The van der Waals surface area contributed by atoms with Gasteiger partial charge >= 0.3 is 5.97 Å². The molecule has 0 spiro atoms. The van der Waals surface area contributed by atoms with Crippen molar-refractivity contribution < 1.29 is 18.7 Å². The van der Waals surface area contributed by atoms with E-state index in [9.17, 15) is 14.4 Å². The van der Waals surface area contributed by atoms with Crippen molar-refractivity contribution in [3.63, 3.8) is 0 Å². The fourth-order valence-electron chi connectivity index (χ4n) is 3.55. The summed E-state index contributed by atoms with van der Waals surface area (Å²) < 4.78 is 10.7. The number of esters is 1. The van der Waals surface area contributed by atoms with Crippen LogP contribution in [-0.4, -0.2) is 53.2 Å². The van der Waals surface area contributed by atoms with Crippen LogP contribution < -0.4 is 10.9 Å². The van der Waals surface area contributed by atoms with Gasteiger partial charge in [0.05, 0.1) is 30.1 Å². The maximum atomic E-state index is 12.5. The number of carbonyl (C=O) groups excluding carboxylic acids is 2. The minimum absolute atomic E-state index is 0.110. The summed E-state index contributed by atoms with van der Waals surface area (Å²) in [5.74, 6) is -0.0847. The van der Waals surface area contributed by atoms with E-state index in [2.05, 4.69) is 15.5 Å². The molecule has 3 rings (SSSR count). The second-order valence-corrected chi connectivity index (χ2v) is 6.75. The molecule has 1 atom stereocenters. The van der Waals surface area contributed by atoms with Crippen molar-refractivity contribution in [2.45, 2.75) is 33.6 Å². The standard InChI is InChI=1S/C18H24N4O5/c1-4-26-18(25)12-6-5-7-22(8-12)9-13(23)19-17-15-14(11(3)27-17)10(2)20-21-16(15)24/h12H,4-9H2,1-3H3,(H,19,23)(H,21,24). The van der Waals surface area contributed by atoms with Crippen molar-refractivity contribution in [1.82, 2.24) is 15.1 Å². The van der Waals surface area contributed by atoms with E-state index in [0.717, 1.165) is 19.4 Å². The van der Waals surface area contributed by atoms with E-state index in [1.54, 1.807) is 20.8 Å². The Balaban J connectivity index is 1.70. The minimum atomic E-state index is -0.414. The Morgan fingerprint density at radius 1 is 1.37 bits per heavy atom. The Bertz CT molecular complexity index is 916. The predicted molar refractivity (Wildman–Crippen MR) is 98.5 cm³/mol. The first-order chi connectivity index (χ1) is 12.9. The molecule has 9 heteroatoms. The van der Waals surface area contributed by atoms with Gasteiger partial charge in [-0.25, -0.2) is 5.10 Å². The Morgan fingerprint density at radius 2 is 2.15 bits per heavy atom. The first kappa shape index (κ1) is 19.1. The number of aryl methyl sites for hydroxylation is 2. The van der Waals surface area contributed by atoms with E-state index >= 15 is 0 Å². The molecule has 0 aromatic carbocycles. The lowest BCUT2D eigenvalue weighted by Crippen LogP contribution is -2.43. The van der Waals surface area contributed by atoms with Crippen LogP contribution in [0.1, 0.15) is 31.2 Å². The van der Waals surface area contributed by atoms with Crippen molar-refractivity contribution in [3.8, 4) is 0 Å². The van der Waals surface area contributed by atoms with E-state index in [1.807, 2.05) is 4.90 Å². The fraction of sp³-hybridized carbons (Fsp3) is 0.556. The molecular formula is C18H24N4O5. The van der Waals surface area contributed by atoms with Crippen LogP contribution in [0.2, 0.25) is 0 Å². The molecule has 27 heavy (non-hydrogen) atoms. The topological polar surface area (TPSA) is 118 Å². The Labute approximate surface area is 156 Å². The minimum Gasteiger partial charge on any atom is -0.466 e. The predicted octanol–water partition coefficient (Wildman–Crippen LogP) is 1.35. The molecule has 2 aromatic rings. The number of piperidine rings is 1. The number of fused-ring (bicyclic) bond motifs is 1. The molecule has 1 fully saturated rings. The number of hydrogen-bond donors (Lipinski definition) is 2. The van der Waals surface area contributed by atoms with Crippen LogP contribution in [0.25, 0.3) is 10.8 Å². The molecule has 2 aromatic heterocycles. The Morgan fingerprint density at radius 3 is 2.89 bits per heavy atom. The molecule has 0 aliphatic carbocycles. The molecule has 0 bridgehead atoms. The third-order valence-corrected chi connectivity index (χ3v) is 4.74. The molecule has 0 saturated carbocycles. The first-order valence-electron chi connectivity index (χ1n) is 9.08. The van der Waals surface area contributed by atoms with Gasteiger partial charge in [0.25, 0.3) is 5.56 Å². The zero-order valence-electron chi connectivity index (χ0n) is 15.8. The summed E-state index contributed by atoms with van der Waals surface area (Å²) in [7, 11) is 0. The molecule has 1 aliphatic rings. The number of H-pyrrole nitrogens is 1. The average molecular weight is 376 g/mol. The Kier molecular flexibility index (Phi) is 5.59. The molecule has 2 N–H and O–H groups in total. The van der Waals surface area contributed by atoms with Gasteiger partial charge in [-0.05, 0) is 40.2 Å². The lowest BCUT2D eigenvalue weighted by atomic mass is 9.98. The van der Waals surface area contributed by atoms with E-state index in [4.69, 9.17) is 9.15 Å². The van der Waals surface area contributed by atoms with Crippen LogP contribution in [-0.2, 0) is 14.3 Å². The highest BCUT2D eigenvalue weighted by molar-refractivity contribution is 6.01. The number of aromatic amines is 1. The largest absolute Gasteiger partial charge is 0.466 e. The molecular weight excluding hydrogens is 352 g/mol. The number of hydrogen-bond acceptors (Lipinski definition) is 7. The third kappa shape index (κ3) is 4.02. The maximum Gasteiger partial charge on any atom is 0.310 e. The average Bonchev–Trinajstić information content (AvgIpc) is 2.95. The molecule has 9 nitrogen and oxygen atoms in total. The van der Waals surface area contributed by atoms with Crippen LogP contribution in [0.3, 0.4) is 0 Å². The smallest absolute Gasteiger partial charge is 0.310 e. The van der Waals surface area contributed by atoms with Crippen molar-refractivity contribution in [1.29, 1.82) is 0 Å². The van der Waals surface area contributed by atoms with Gasteiger partial charge in [0.2, 0.25) is 11.8 Å². The SMILES string of the molecule is CCOC(=O)C1CCCN(CC(=O)Nc2oc(C)c3c(C)n[nH]c(=O)c23)C1. The quantitative estimate of drug-likeness (QED) is 0.756. The highest BCUT2D eigenvalue weighted by atomic mass is 16.5. The van der Waals surface area contributed by atoms with Gasteiger partial charge in [0.15, 0.2) is 0 Å². The number of rotatable bonds is 5. The zero-order valence-corrected chi connectivity index (χ0v) is 15.8. The van der Waals surface area contributed by atoms with E-state index in [1.165, 1.54) is 0 Å². The normalized spacial score (nSPS) is 17.8. The third-order valence-electron chi connectivity index (χ3n) is 4.74. The van der Waals surface area contributed by atoms with E-state index in [0.29, 0.717) is 30.0 Å². The molecule has 1 saturated heterocycles. The molecule has 0 radical (unpaired) electrons. The van der Waals surface area contributed by atoms with Gasteiger partial charge in [-0.15, -0.1) is 0 Å². The highest BCUT2D eigenvalue weighted by Crippen LogP contribution is 2.28. The van der Waals surface area contributed by atoms with Crippen molar-refractivity contribution in [2.75, 3.05) is 31.6 Å². The number of likely N-dealkylation sites (tertiary alicyclic amines) is 1. The summed E-state index contributed by atoms with van der Waals surface area (Å²) in [6.45, 7) is 6.93. The second-order valence-electron chi connectivity index (χ2n) is 6.75. The maximum absolute atomic E-state index is 12.5. The van der Waals surface area contributed by atoms with E-state index < -0.39 is 5.56 Å². The van der Waals surface area contributed by atoms with Crippen molar-refractivity contribution in [2.24, 2.45) is 5.92 Å². The van der Waals surface area contributed by atoms with Crippen molar-refractivity contribution in [3.05, 3.63) is 21.8 Å². The summed E-state index contributed by atoms with van der Waals surface area (Å²) in [6.07, 6.45) is 1.59. The second kappa shape index (κ2) is 7.91. The molecule has 3 heterocycles. The number of furan rings is 1. The van der Waals surface area contributed by atoms with Crippen LogP contribution in [0, 0.1) is 19.8 Å². The summed E-state index contributed by atoms with van der Waals surface area (Å²) >= 11 is 0. The van der Waals surface area contributed by atoms with Crippen LogP contribution >= 0.6 is 0 Å². The summed E-state index contributed by atoms with van der Waals surface area (Å²) in [4.78, 5) is 38.4.